The summed E-state index contributed by atoms with van der Waals surface area (Å²) < 4.78 is 0. The lowest BCUT2D eigenvalue weighted by molar-refractivity contribution is 1.20. The first kappa shape index (κ1) is 19.3. The van der Waals surface area contributed by atoms with Crippen LogP contribution in [0.25, 0.3) is 21.5 Å². The zero-order chi connectivity index (χ0) is 18.2. The lowest BCUT2D eigenvalue weighted by Gasteiger charge is -2.29. The SMILES string of the molecule is CC[Si](CC)(CC)c1ccc2cc3cc([Si](Cl)(Cl)Cl)ccc3cc2c1. The molecule has 0 bridgehead atoms. The fourth-order valence-corrected chi connectivity index (χ4v) is 9.14. The molecule has 25 heavy (non-hydrogen) atoms. The van der Waals surface area contributed by atoms with Gasteiger partial charge >= 0.3 is 6.00 Å². The van der Waals surface area contributed by atoms with E-state index in [-0.39, 0.29) is 0 Å². The van der Waals surface area contributed by atoms with E-state index in [1.165, 1.54) is 34.3 Å². The number of benzene rings is 3. The highest BCUT2D eigenvalue weighted by molar-refractivity contribution is 7.69. The zero-order valence-corrected chi connectivity index (χ0v) is 19.1. The molecule has 5 heteroatoms. The Balaban J connectivity index is 2.17. The Morgan fingerprint density at radius 1 is 0.600 bits per heavy atom. The summed E-state index contributed by atoms with van der Waals surface area (Å²) in [4.78, 5) is 0. The fourth-order valence-electron chi connectivity index (χ4n) is 3.87. The first-order valence-corrected chi connectivity index (χ1v) is 16.5. The van der Waals surface area contributed by atoms with E-state index in [0.717, 1.165) is 10.6 Å². The molecule has 0 N–H and O–H groups in total. The molecule has 0 nitrogen and oxygen atoms in total. The maximum Gasteiger partial charge on any atom is 0.372 e. The lowest BCUT2D eigenvalue weighted by Crippen LogP contribution is -2.45. The van der Waals surface area contributed by atoms with Gasteiger partial charge in [-0.3, -0.25) is 0 Å². The molecule has 3 rings (SSSR count). The number of hydrogen-bond acceptors (Lipinski definition) is 0. The van der Waals surface area contributed by atoms with Crippen LogP contribution in [0.15, 0.2) is 48.5 Å². The molecule has 0 amide bonds. The summed E-state index contributed by atoms with van der Waals surface area (Å²) in [5.74, 6) is 0. The molecule has 0 radical (unpaired) electrons. The standard InChI is InChI=1S/C20H23Cl3Si2/c1-4-24(5-2,6-3)19-9-7-15-12-18-14-20(25(21,22)23)10-8-16(18)11-17(15)13-19/h7-14H,4-6H2,1-3H3. The van der Waals surface area contributed by atoms with Gasteiger partial charge in [-0.25, -0.2) is 0 Å². The van der Waals surface area contributed by atoms with E-state index in [4.69, 9.17) is 33.2 Å². The van der Waals surface area contributed by atoms with Gasteiger partial charge in [-0.1, -0.05) is 80.5 Å². The summed E-state index contributed by atoms with van der Waals surface area (Å²) in [6, 6.07) is 18.7. The number of hydrogen-bond donors (Lipinski definition) is 0. The van der Waals surface area contributed by atoms with Gasteiger partial charge in [0.1, 0.15) is 0 Å². The molecule has 0 atom stereocenters. The van der Waals surface area contributed by atoms with Gasteiger partial charge in [-0.2, -0.15) is 0 Å². The lowest BCUT2D eigenvalue weighted by atomic mass is 10.0. The third kappa shape index (κ3) is 3.65. The van der Waals surface area contributed by atoms with Crippen LogP contribution in [-0.2, 0) is 0 Å². The molecule has 0 fully saturated rings. The molecule has 0 spiro atoms. The Kier molecular flexibility index (Phi) is 5.58. The minimum atomic E-state index is -2.84. The third-order valence-corrected chi connectivity index (χ3v) is 14.3. The Labute approximate surface area is 166 Å². The van der Waals surface area contributed by atoms with E-state index < -0.39 is 14.1 Å². The van der Waals surface area contributed by atoms with E-state index in [9.17, 15) is 0 Å². The smallest absolute Gasteiger partial charge is 0.121 e. The second-order valence-corrected chi connectivity index (χ2v) is 20.5. The third-order valence-electron chi connectivity index (χ3n) is 5.77. The van der Waals surface area contributed by atoms with Gasteiger partial charge in [0.05, 0.1) is 8.07 Å². The van der Waals surface area contributed by atoms with Crippen molar-refractivity contribution in [3.63, 3.8) is 0 Å². The van der Waals surface area contributed by atoms with Gasteiger partial charge in [0.15, 0.2) is 0 Å². The van der Waals surface area contributed by atoms with Crippen molar-refractivity contribution in [3.05, 3.63) is 48.5 Å². The molecule has 3 aromatic carbocycles. The van der Waals surface area contributed by atoms with E-state index in [2.05, 4.69) is 57.2 Å². The van der Waals surface area contributed by atoms with Crippen molar-refractivity contribution < 1.29 is 0 Å². The Bertz CT molecular complexity index is 904. The molecule has 0 aliphatic carbocycles. The van der Waals surface area contributed by atoms with E-state index in [1.54, 1.807) is 5.19 Å². The Hall–Kier alpha value is -0.516. The zero-order valence-electron chi connectivity index (χ0n) is 14.9. The minimum Gasteiger partial charge on any atom is -0.121 e. The predicted molar refractivity (Wildman–Crippen MR) is 121 cm³/mol. The van der Waals surface area contributed by atoms with Crippen molar-refractivity contribution in [1.29, 1.82) is 0 Å². The molecule has 0 heterocycles. The van der Waals surface area contributed by atoms with E-state index in [0.29, 0.717) is 0 Å². The van der Waals surface area contributed by atoms with Crippen molar-refractivity contribution in [2.24, 2.45) is 0 Å². The van der Waals surface area contributed by atoms with Crippen LogP contribution in [0.3, 0.4) is 0 Å². The van der Waals surface area contributed by atoms with Crippen molar-refractivity contribution in [2.75, 3.05) is 0 Å². The summed E-state index contributed by atoms with van der Waals surface area (Å²) in [5.41, 5.74) is 0. The average Bonchev–Trinajstić information content (AvgIpc) is 2.60. The van der Waals surface area contributed by atoms with Crippen molar-refractivity contribution >= 4 is 79.2 Å². The highest BCUT2D eigenvalue weighted by Crippen LogP contribution is 2.27. The summed E-state index contributed by atoms with van der Waals surface area (Å²) in [6.07, 6.45) is 0. The van der Waals surface area contributed by atoms with E-state index >= 15 is 0 Å². The van der Waals surface area contributed by atoms with Gasteiger partial charge < -0.3 is 0 Å². The molecule has 0 unspecified atom stereocenters. The molecular weight excluding hydrogens is 403 g/mol. The van der Waals surface area contributed by atoms with Gasteiger partial charge in [-0.15, -0.1) is 33.2 Å². The molecule has 132 valence electrons. The van der Waals surface area contributed by atoms with Crippen LogP contribution in [0.4, 0.5) is 0 Å². The summed E-state index contributed by atoms with van der Waals surface area (Å²) in [7, 11) is -1.36. The van der Waals surface area contributed by atoms with Crippen LogP contribution in [0, 0.1) is 0 Å². The molecule has 0 aliphatic heterocycles. The summed E-state index contributed by atoms with van der Waals surface area (Å²) in [5, 5.41) is 7.34. The molecule has 0 saturated carbocycles. The normalized spacial score (nSPS) is 12.9. The average molecular weight is 426 g/mol. The predicted octanol–water partition coefficient (Wildman–Crippen LogP) is 6.57. The summed E-state index contributed by atoms with van der Waals surface area (Å²) >= 11 is 18.5. The molecule has 0 aliphatic rings. The molecule has 0 aromatic heterocycles. The van der Waals surface area contributed by atoms with Crippen molar-refractivity contribution in [3.8, 4) is 0 Å². The maximum absolute atomic E-state index is 6.17. The number of rotatable bonds is 5. The quantitative estimate of drug-likeness (QED) is 0.246. The highest BCUT2D eigenvalue weighted by Gasteiger charge is 2.29. The summed E-state index contributed by atoms with van der Waals surface area (Å²) in [6.45, 7) is 7.06. The van der Waals surface area contributed by atoms with E-state index in [1.807, 2.05) is 12.1 Å². The monoisotopic (exact) mass is 424 g/mol. The van der Waals surface area contributed by atoms with Crippen LogP contribution in [0.2, 0.25) is 18.1 Å². The van der Waals surface area contributed by atoms with Crippen molar-refractivity contribution in [2.45, 2.75) is 38.9 Å². The van der Waals surface area contributed by atoms with Gasteiger partial charge in [0.25, 0.3) is 0 Å². The van der Waals surface area contributed by atoms with Gasteiger partial charge in [0.2, 0.25) is 0 Å². The van der Waals surface area contributed by atoms with Gasteiger partial charge in [-0.05, 0) is 38.9 Å². The van der Waals surface area contributed by atoms with Gasteiger partial charge in [0, 0.05) is 0 Å². The molecular formula is C20H23Cl3Si2. The highest BCUT2D eigenvalue weighted by atomic mass is 35.8. The molecule has 3 aromatic rings. The molecule has 0 saturated heterocycles. The maximum atomic E-state index is 6.17. The fraction of sp³-hybridized carbons (Fsp3) is 0.300. The number of fused-ring (bicyclic) bond motifs is 2. The van der Waals surface area contributed by atoms with Crippen LogP contribution >= 0.6 is 33.2 Å². The van der Waals surface area contributed by atoms with Crippen LogP contribution < -0.4 is 10.4 Å². The largest absolute Gasteiger partial charge is 0.372 e. The number of halogens is 3. The Morgan fingerprint density at radius 3 is 1.48 bits per heavy atom. The van der Waals surface area contributed by atoms with Crippen LogP contribution in [0.5, 0.6) is 0 Å². The first-order valence-electron chi connectivity index (χ1n) is 8.88. The second-order valence-electron chi connectivity index (χ2n) is 6.81. The first-order chi connectivity index (χ1) is 11.8. The van der Waals surface area contributed by atoms with Crippen molar-refractivity contribution in [1.82, 2.24) is 0 Å². The Morgan fingerprint density at radius 2 is 1.04 bits per heavy atom. The minimum absolute atomic E-state index is 0.843. The second kappa shape index (κ2) is 7.24. The topological polar surface area (TPSA) is 0 Å². The van der Waals surface area contributed by atoms with Crippen LogP contribution in [0.1, 0.15) is 20.8 Å². The van der Waals surface area contributed by atoms with Crippen LogP contribution in [-0.4, -0.2) is 14.1 Å².